The topological polar surface area (TPSA) is 122 Å². The summed E-state index contributed by atoms with van der Waals surface area (Å²) in [5.41, 5.74) is 1.16. The van der Waals surface area contributed by atoms with Crippen LogP contribution in [0.15, 0.2) is 66.7 Å². The van der Waals surface area contributed by atoms with Crippen LogP contribution in [0.5, 0.6) is 5.75 Å². The molecule has 4 atom stereocenters. The molecule has 3 aromatic carbocycles. The number of aliphatic hydroxyl groups excluding tert-OH is 1. The van der Waals surface area contributed by atoms with Crippen molar-refractivity contribution in [2.45, 2.75) is 69.5 Å². The molecule has 11 heteroatoms. The van der Waals surface area contributed by atoms with Gasteiger partial charge in [0, 0.05) is 48.9 Å². The van der Waals surface area contributed by atoms with Crippen LogP contribution in [-0.4, -0.2) is 56.3 Å². The van der Waals surface area contributed by atoms with Gasteiger partial charge in [0.1, 0.15) is 5.75 Å². The molecule has 10 nitrogen and oxygen atoms in total. The molecule has 0 bridgehead atoms. The summed E-state index contributed by atoms with van der Waals surface area (Å²) in [5, 5.41) is 23.3. The van der Waals surface area contributed by atoms with Gasteiger partial charge in [0.2, 0.25) is 5.91 Å². The van der Waals surface area contributed by atoms with Gasteiger partial charge in [-0.2, -0.15) is 0 Å². The van der Waals surface area contributed by atoms with Crippen LogP contribution in [0.4, 0.5) is 17.1 Å². The predicted octanol–water partition coefficient (Wildman–Crippen LogP) is 5.27. The molecule has 6 rings (SSSR count). The van der Waals surface area contributed by atoms with Crippen molar-refractivity contribution in [1.82, 2.24) is 0 Å². The molecule has 0 aliphatic carbocycles. The van der Waals surface area contributed by atoms with Gasteiger partial charge >= 0.3 is 0 Å². The molecule has 46 heavy (non-hydrogen) atoms. The van der Waals surface area contributed by atoms with Crippen LogP contribution in [0.3, 0.4) is 0 Å². The smallest absolute Gasteiger partial charge is 0.269 e. The maximum atomic E-state index is 14.8. The number of carbonyl (C=O) groups excluding carboxylic acids is 2. The number of piperidine rings is 1. The number of aliphatic hydroxyl groups is 1. The number of rotatable bonds is 9. The van der Waals surface area contributed by atoms with E-state index in [1.165, 1.54) is 17.3 Å². The van der Waals surface area contributed by atoms with Gasteiger partial charge in [0.25, 0.3) is 11.6 Å². The summed E-state index contributed by atoms with van der Waals surface area (Å²) in [6.45, 7) is 7.35. The summed E-state index contributed by atoms with van der Waals surface area (Å²) < 4.78 is 12.3. The fourth-order valence-corrected chi connectivity index (χ4v) is 12.1. The summed E-state index contributed by atoms with van der Waals surface area (Å²) in [6, 6.07) is 20.3. The van der Waals surface area contributed by atoms with Gasteiger partial charge in [-0.3, -0.25) is 19.7 Å². The zero-order valence-electron chi connectivity index (χ0n) is 26.8. The first kappa shape index (κ1) is 31.9. The lowest BCUT2D eigenvalue weighted by Gasteiger charge is -2.37. The minimum absolute atomic E-state index is 0.0783. The molecule has 242 valence electrons. The Morgan fingerprint density at radius 1 is 1.07 bits per heavy atom. The number of nitro benzene ring substituents is 1. The number of hydrogen-bond donors (Lipinski definition) is 1. The quantitative estimate of drug-likeness (QED) is 0.192. The maximum Gasteiger partial charge on any atom is 0.269 e. The number of fused-ring (bicyclic) bond motifs is 2. The van der Waals surface area contributed by atoms with Crippen LogP contribution in [0.2, 0.25) is 18.6 Å². The molecule has 3 aromatic rings. The number of benzene rings is 3. The Balaban J connectivity index is 1.39. The normalized spacial score (nSPS) is 24.5. The number of carbonyl (C=O) groups is 2. The molecular formula is C35H41N3O7Si. The molecule has 0 aromatic heterocycles. The minimum Gasteiger partial charge on any atom is -0.497 e. The number of anilines is 2. The van der Waals surface area contributed by atoms with Crippen LogP contribution in [-0.2, 0) is 26.5 Å². The van der Waals surface area contributed by atoms with E-state index in [0.29, 0.717) is 30.6 Å². The average Bonchev–Trinajstić information content (AvgIpc) is 3.48. The Morgan fingerprint density at radius 3 is 2.41 bits per heavy atom. The number of amides is 2. The van der Waals surface area contributed by atoms with Crippen molar-refractivity contribution >= 4 is 42.1 Å². The van der Waals surface area contributed by atoms with Crippen LogP contribution in [0, 0.1) is 16.0 Å². The highest BCUT2D eigenvalue weighted by Crippen LogP contribution is 2.60. The molecular weight excluding hydrogens is 602 g/mol. The number of ether oxygens (including phenoxy) is 2. The SMILES string of the molecule is COc1ccc([Si](C)(C)[C@H]2[C@H](CCO)O[C@@]3(C(=O)N(Cc4ccc(N5CCCCC5=O)cc4)c4ccc([N+](=O)[O-])cc43)[C@@H]2C)cc1. The summed E-state index contributed by atoms with van der Waals surface area (Å²) in [7, 11) is -0.750. The number of methoxy groups -OCH3 is 1. The van der Waals surface area contributed by atoms with Gasteiger partial charge in [0.05, 0.1) is 38.4 Å². The van der Waals surface area contributed by atoms with Gasteiger partial charge in [-0.1, -0.05) is 49.5 Å². The number of hydrogen-bond acceptors (Lipinski definition) is 7. The van der Waals surface area contributed by atoms with E-state index in [9.17, 15) is 24.8 Å². The summed E-state index contributed by atoms with van der Waals surface area (Å²) >= 11 is 0. The summed E-state index contributed by atoms with van der Waals surface area (Å²) in [5.74, 6) is 0.284. The Morgan fingerprint density at radius 2 is 1.78 bits per heavy atom. The van der Waals surface area contributed by atoms with Gasteiger partial charge in [-0.05, 0) is 60.7 Å². The second kappa shape index (κ2) is 12.3. The van der Waals surface area contributed by atoms with Crippen LogP contribution >= 0.6 is 0 Å². The molecule has 1 spiro atoms. The molecule has 2 saturated heterocycles. The molecule has 3 heterocycles. The van der Waals surface area contributed by atoms with Crippen molar-refractivity contribution in [2.24, 2.45) is 5.92 Å². The number of nitro groups is 1. The lowest BCUT2D eigenvalue weighted by molar-refractivity contribution is -0.385. The van der Waals surface area contributed by atoms with E-state index in [4.69, 9.17) is 9.47 Å². The van der Waals surface area contributed by atoms with Gasteiger partial charge in [-0.15, -0.1) is 0 Å². The Labute approximate surface area is 270 Å². The number of nitrogens with zero attached hydrogens (tertiary/aromatic N) is 3. The molecule has 2 fully saturated rings. The van der Waals surface area contributed by atoms with Crippen LogP contribution in [0.25, 0.3) is 0 Å². The van der Waals surface area contributed by atoms with Gasteiger partial charge in [-0.25, -0.2) is 0 Å². The highest BCUT2D eigenvalue weighted by molar-refractivity contribution is 6.91. The average molecular weight is 644 g/mol. The van der Waals surface area contributed by atoms with E-state index in [2.05, 4.69) is 25.2 Å². The van der Waals surface area contributed by atoms with Crippen molar-refractivity contribution in [3.05, 3.63) is 88.0 Å². The standard InChI is InChI=1S/C35H41N3O7Si/c1-23-33(46(3,4)28-15-13-27(44-2)14-16-28)31(18-20-39)45-35(23)29-21-26(38(42)43)12-17-30(29)37(34(35)41)22-24-8-10-25(11-9-24)36-19-6-5-7-32(36)40/h8-17,21,23,31,33,39H,5-7,18-20,22H2,1-4H3/t23-,31+,33-,35+/m1/s1. The van der Waals surface area contributed by atoms with E-state index in [-0.39, 0.29) is 42.1 Å². The predicted molar refractivity (Wildman–Crippen MR) is 178 cm³/mol. The molecule has 0 unspecified atom stereocenters. The van der Waals surface area contributed by atoms with Crippen molar-refractivity contribution in [1.29, 1.82) is 0 Å². The molecule has 0 saturated carbocycles. The Bertz CT molecular complexity index is 1640. The minimum atomic E-state index is -2.38. The van der Waals surface area contributed by atoms with E-state index in [1.807, 2.05) is 48.2 Å². The van der Waals surface area contributed by atoms with E-state index >= 15 is 0 Å². The highest BCUT2D eigenvalue weighted by atomic mass is 28.3. The molecule has 2 amide bonds. The first-order chi connectivity index (χ1) is 22.0. The molecule has 3 aliphatic heterocycles. The van der Waals surface area contributed by atoms with Crippen LogP contribution < -0.4 is 19.7 Å². The summed E-state index contributed by atoms with van der Waals surface area (Å²) in [6.07, 6.45) is 2.34. The fraction of sp³-hybridized carbons (Fsp3) is 0.429. The van der Waals surface area contributed by atoms with E-state index < -0.39 is 24.7 Å². The van der Waals surface area contributed by atoms with Gasteiger partial charge < -0.3 is 24.4 Å². The third-order valence-electron chi connectivity index (χ3n) is 10.4. The monoisotopic (exact) mass is 643 g/mol. The second-order valence-corrected chi connectivity index (χ2v) is 17.9. The Kier molecular flexibility index (Phi) is 8.51. The largest absolute Gasteiger partial charge is 0.497 e. The first-order valence-electron chi connectivity index (χ1n) is 16.0. The molecule has 3 aliphatic rings. The highest BCUT2D eigenvalue weighted by Gasteiger charge is 2.66. The van der Waals surface area contributed by atoms with Crippen molar-refractivity contribution < 1.29 is 29.1 Å². The Hall–Kier alpha value is -4.06. The lowest BCUT2D eigenvalue weighted by Crippen LogP contribution is -2.51. The van der Waals surface area contributed by atoms with Crippen LogP contribution in [0.1, 0.15) is 43.7 Å². The number of non-ortho nitro benzene ring substituents is 1. The van der Waals surface area contributed by atoms with Gasteiger partial charge in [0.15, 0.2) is 5.60 Å². The molecule has 0 radical (unpaired) electrons. The van der Waals surface area contributed by atoms with E-state index in [0.717, 1.165) is 29.8 Å². The zero-order chi connectivity index (χ0) is 32.8. The summed E-state index contributed by atoms with van der Waals surface area (Å²) in [4.78, 5) is 42.3. The third kappa shape index (κ3) is 5.20. The molecule has 1 N–H and O–H groups in total. The zero-order valence-corrected chi connectivity index (χ0v) is 27.8. The third-order valence-corrected chi connectivity index (χ3v) is 14.7. The second-order valence-electron chi connectivity index (χ2n) is 13.2. The maximum absolute atomic E-state index is 14.8. The lowest BCUT2D eigenvalue weighted by atomic mass is 9.82. The van der Waals surface area contributed by atoms with Crippen molar-refractivity contribution in [3.63, 3.8) is 0 Å². The fourth-order valence-electron chi connectivity index (χ4n) is 8.01. The van der Waals surface area contributed by atoms with Crippen molar-refractivity contribution in [2.75, 3.05) is 30.1 Å². The van der Waals surface area contributed by atoms with E-state index in [1.54, 1.807) is 18.1 Å². The van der Waals surface area contributed by atoms with Crippen molar-refractivity contribution in [3.8, 4) is 5.75 Å². The first-order valence-corrected chi connectivity index (χ1v) is 19.0.